The molecule has 5 nitrogen and oxygen atoms in total. The summed E-state index contributed by atoms with van der Waals surface area (Å²) in [5.74, 6) is 0.474. The van der Waals surface area contributed by atoms with Gasteiger partial charge in [-0.25, -0.2) is 4.39 Å². The summed E-state index contributed by atoms with van der Waals surface area (Å²) in [7, 11) is 1.87. The molecule has 2 heterocycles. The molecule has 2 aromatic heterocycles. The highest BCUT2D eigenvalue weighted by atomic mass is 32.1. The first-order valence-electron chi connectivity index (χ1n) is 5.81. The van der Waals surface area contributed by atoms with Crippen LogP contribution in [0, 0.1) is 10.6 Å². The van der Waals surface area contributed by atoms with Crippen molar-refractivity contribution in [3.8, 4) is 0 Å². The second-order valence-electron chi connectivity index (χ2n) is 4.44. The molecule has 0 fully saturated rings. The van der Waals surface area contributed by atoms with Gasteiger partial charge in [-0.15, -0.1) is 10.2 Å². The average molecular weight is 277 g/mol. The summed E-state index contributed by atoms with van der Waals surface area (Å²) in [6.45, 7) is 1.96. The van der Waals surface area contributed by atoms with Crippen molar-refractivity contribution < 1.29 is 4.39 Å². The molecule has 19 heavy (non-hydrogen) atoms. The van der Waals surface area contributed by atoms with Crippen molar-refractivity contribution >= 4 is 23.3 Å². The van der Waals surface area contributed by atoms with Crippen LogP contribution in [0.1, 0.15) is 18.8 Å². The molecule has 0 bridgehead atoms. The number of H-pyrrole nitrogens is 1. The van der Waals surface area contributed by atoms with Gasteiger partial charge in [-0.05, 0) is 37.3 Å². The molecule has 3 aromatic rings. The molecule has 1 unspecified atom stereocenters. The van der Waals surface area contributed by atoms with Crippen LogP contribution < -0.4 is 0 Å². The Morgan fingerprint density at radius 1 is 1.42 bits per heavy atom. The first kappa shape index (κ1) is 12.0. The summed E-state index contributed by atoms with van der Waals surface area (Å²) in [4.78, 5) is 3.07. The zero-order valence-electron chi connectivity index (χ0n) is 10.5. The Balaban J connectivity index is 2.25. The lowest BCUT2D eigenvalue weighted by atomic mass is 10.2. The number of rotatable bonds is 2. The fourth-order valence-corrected chi connectivity index (χ4v) is 2.63. The highest BCUT2D eigenvalue weighted by Crippen LogP contribution is 2.23. The van der Waals surface area contributed by atoms with Crippen LogP contribution in [-0.2, 0) is 7.05 Å². The van der Waals surface area contributed by atoms with Gasteiger partial charge in [0.1, 0.15) is 12.1 Å². The minimum absolute atomic E-state index is 0.129. The van der Waals surface area contributed by atoms with Crippen LogP contribution in [-0.4, -0.2) is 24.3 Å². The number of aryl methyl sites for hydroxylation is 1. The van der Waals surface area contributed by atoms with Crippen LogP contribution in [0.3, 0.4) is 0 Å². The maximum Gasteiger partial charge on any atom is 0.178 e. The molecule has 0 radical (unpaired) electrons. The van der Waals surface area contributed by atoms with Gasteiger partial charge in [0.25, 0.3) is 0 Å². The largest absolute Gasteiger partial charge is 0.331 e. The van der Waals surface area contributed by atoms with Gasteiger partial charge < -0.3 is 14.1 Å². The Kier molecular flexibility index (Phi) is 2.70. The number of benzene rings is 1. The number of nitrogens with one attached hydrogen (secondary N) is 1. The summed E-state index contributed by atoms with van der Waals surface area (Å²) < 4.78 is 17.6. The number of halogens is 1. The van der Waals surface area contributed by atoms with E-state index in [1.54, 1.807) is 12.4 Å². The topological polar surface area (TPSA) is 51.4 Å². The van der Waals surface area contributed by atoms with E-state index in [0.717, 1.165) is 16.9 Å². The fourth-order valence-electron chi connectivity index (χ4n) is 2.27. The van der Waals surface area contributed by atoms with E-state index in [9.17, 15) is 4.39 Å². The predicted molar refractivity (Wildman–Crippen MR) is 71.9 cm³/mol. The van der Waals surface area contributed by atoms with Gasteiger partial charge in [-0.1, -0.05) is 0 Å². The van der Waals surface area contributed by atoms with Gasteiger partial charge in [0, 0.05) is 7.05 Å². The van der Waals surface area contributed by atoms with Crippen LogP contribution in [0.15, 0.2) is 24.5 Å². The van der Waals surface area contributed by atoms with Crippen molar-refractivity contribution in [2.24, 2.45) is 7.05 Å². The Morgan fingerprint density at radius 2 is 2.21 bits per heavy atom. The third-order valence-corrected chi connectivity index (χ3v) is 3.49. The molecule has 0 aliphatic rings. The van der Waals surface area contributed by atoms with E-state index in [-0.39, 0.29) is 11.9 Å². The van der Waals surface area contributed by atoms with Crippen molar-refractivity contribution in [3.05, 3.63) is 40.9 Å². The van der Waals surface area contributed by atoms with Gasteiger partial charge in [0.05, 0.1) is 17.1 Å². The molecule has 98 valence electrons. The zero-order chi connectivity index (χ0) is 13.6. The molecular weight excluding hydrogens is 265 g/mol. The van der Waals surface area contributed by atoms with E-state index >= 15 is 0 Å². The Labute approximate surface area is 113 Å². The summed E-state index contributed by atoms with van der Waals surface area (Å²) in [5.41, 5.74) is 1.53. The molecule has 0 spiro atoms. The summed E-state index contributed by atoms with van der Waals surface area (Å²) >= 11 is 5.32. The molecule has 0 aliphatic heterocycles. The molecule has 0 aliphatic carbocycles. The highest BCUT2D eigenvalue weighted by Gasteiger charge is 2.17. The monoisotopic (exact) mass is 277 g/mol. The molecule has 1 atom stereocenters. The van der Waals surface area contributed by atoms with Gasteiger partial charge in [0.15, 0.2) is 10.6 Å². The molecule has 7 heteroatoms. The van der Waals surface area contributed by atoms with E-state index in [4.69, 9.17) is 12.2 Å². The lowest BCUT2D eigenvalue weighted by molar-refractivity contribution is 0.579. The van der Waals surface area contributed by atoms with Gasteiger partial charge in [-0.2, -0.15) is 0 Å². The smallest absolute Gasteiger partial charge is 0.178 e. The lowest BCUT2D eigenvalue weighted by Gasteiger charge is -2.13. The average Bonchev–Trinajstić information content (AvgIpc) is 2.91. The highest BCUT2D eigenvalue weighted by molar-refractivity contribution is 7.71. The van der Waals surface area contributed by atoms with Crippen molar-refractivity contribution in [2.75, 3.05) is 0 Å². The molecule has 3 rings (SSSR count). The number of nitrogens with zero attached hydrogens (tertiary/aromatic N) is 4. The fraction of sp³-hybridized carbons (Fsp3) is 0.250. The molecule has 1 aromatic carbocycles. The van der Waals surface area contributed by atoms with Gasteiger partial charge in [0.2, 0.25) is 0 Å². The lowest BCUT2D eigenvalue weighted by Crippen LogP contribution is -2.12. The molecular formula is C12H12FN5S. The SMILES string of the molecule is CC(c1nncn1C)n1c(=S)[nH]c2ccc(F)cc21. The molecule has 0 saturated carbocycles. The minimum atomic E-state index is -0.291. The maximum absolute atomic E-state index is 13.4. The molecule has 1 N–H and O–H groups in total. The predicted octanol–water partition coefficient (Wildman–Crippen LogP) is 2.58. The molecule has 0 saturated heterocycles. The third-order valence-electron chi connectivity index (χ3n) is 3.19. The number of aromatic amines is 1. The zero-order valence-corrected chi connectivity index (χ0v) is 11.3. The first-order valence-corrected chi connectivity index (χ1v) is 6.22. The Bertz CT molecular complexity index is 800. The standard InChI is InChI=1S/C12H12FN5S/c1-7(11-16-14-6-17(11)2)18-10-5-8(13)3-4-9(10)15-12(18)19/h3-7H,1-2H3,(H,15,19). The first-order chi connectivity index (χ1) is 9.08. The maximum atomic E-state index is 13.4. The third kappa shape index (κ3) is 1.86. The van der Waals surface area contributed by atoms with Crippen molar-refractivity contribution in [1.29, 1.82) is 0 Å². The Morgan fingerprint density at radius 3 is 2.89 bits per heavy atom. The van der Waals surface area contributed by atoms with E-state index < -0.39 is 0 Å². The van der Waals surface area contributed by atoms with Crippen LogP contribution in [0.4, 0.5) is 4.39 Å². The van der Waals surface area contributed by atoms with E-state index in [1.807, 2.05) is 23.1 Å². The summed E-state index contributed by atoms with van der Waals surface area (Å²) in [6, 6.07) is 4.43. The number of aromatic nitrogens is 5. The number of fused-ring (bicyclic) bond motifs is 1. The minimum Gasteiger partial charge on any atom is -0.331 e. The number of imidazole rings is 1. The Hall–Kier alpha value is -2.02. The van der Waals surface area contributed by atoms with E-state index in [0.29, 0.717) is 4.77 Å². The second kappa shape index (κ2) is 4.27. The quantitative estimate of drug-likeness (QED) is 0.732. The summed E-state index contributed by atoms with van der Waals surface area (Å²) in [6.07, 6.45) is 1.63. The number of hydrogen-bond acceptors (Lipinski definition) is 3. The molecule has 0 amide bonds. The van der Waals surface area contributed by atoms with E-state index in [2.05, 4.69) is 15.2 Å². The van der Waals surface area contributed by atoms with Crippen LogP contribution in [0.25, 0.3) is 11.0 Å². The second-order valence-corrected chi connectivity index (χ2v) is 4.82. The van der Waals surface area contributed by atoms with Crippen LogP contribution >= 0.6 is 12.2 Å². The van der Waals surface area contributed by atoms with Crippen LogP contribution in [0.2, 0.25) is 0 Å². The van der Waals surface area contributed by atoms with Crippen LogP contribution in [0.5, 0.6) is 0 Å². The van der Waals surface area contributed by atoms with Crippen molar-refractivity contribution in [2.45, 2.75) is 13.0 Å². The normalized spacial score (nSPS) is 13.0. The van der Waals surface area contributed by atoms with Gasteiger partial charge in [-0.3, -0.25) is 0 Å². The van der Waals surface area contributed by atoms with Crippen molar-refractivity contribution in [1.82, 2.24) is 24.3 Å². The van der Waals surface area contributed by atoms with E-state index in [1.165, 1.54) is 12.1 Å². The van der Waals surface area contributed by atoms with Gasteiger partial charge >= 0.3 is 0 Å². The van der Waals surface area contributed by atoms with Crippen molar-refractivity contribution in [3.63, 3.8) is 0 Å². The summed E-state index contributed by atoms with van der Waals surface area (Å²) in [5, 5.41) is 7.94. The number of hydrogen-bond donors (Lipinski definition) is 1.